The Morgan fingerprint density at radius 2 is 1.91 bits per heavy atom. The predicted molar refractivity (Wildman–Crippen MR) is 49.0 cm³/mol. The average Bonchev–Trinajstić information content (AvgIpc) is 2.07. The normalized spacial score (nSPS) is 30.5. The van der Waals surface area contributed by atoms with Crippen LogP contribution in [0.15, 0.2) is 0 Å². The Balaban J connectivity index is 1.94. The minimum Gasteiger partial charge on any atom is -0.381 e. The van der Waals surface area contributed by atoms with Gasteiger partial charge in [-0.15, -0.1) is 0 Å². The fourth-order valence-electron chi connectivity index (χ4n) is 2.11. The molecule has 0 amide bonds. The summed E-state index contributed by atoms with van der Waals surface area (Å²) in [6, 6.07) is 0. The minimum absolute atomic E-state index is 0.615. The van der Waals surface area contributed by atoms with E-state index >= 15 is 0 Å². The quantitative estimate of drug-likeness (QED) is 0.554. The van der Waals surface area contributed by atoms with Crippen molar-refractivity contribution < 1.29 is 4.74 Å². The molecule has 0 bridgehead atoms. The maximum atomic E-state index is 5.55. The van der Waals surface area contributed by atoms with Crippen molar-refractivity contribution in [3.63, 3.8) is 0 Å². The van der Waals surface area contributed by atoms with Crippen molar-refractivity contribution in [2.24, 2.45) is 5.41 Å². The number of thioether (sulfide) groups is 1. The van der Waals surface area contributed by atoms with Crippen LogP contribution in [-0.4, -0.2) is 24.7 Å². The minimum atomic E-state index is 0.615. The van der Waals surface area contributed by atoms with Crippen LogP contribution in [-0.2, 0) is 4.74 Å². The summed E-state index contributed by atoms with van der Waals surface area (Å²) in [6.07, 6.45) is 5.52. The molecule has 0 aromatic heterocycles. The lowest BCUT2D eigenvalue weighted by atomic mass is 9.77. The Labute approximate surface area is 72.9 Å². The number of rotatable bonds is 0. The van der Waals surface area contributed by atoms with Crippen LogP contribution in [0.3, 0.4) is 0 Å². The van der Waals surface area contributed by atoms with Crippen LogP contribution in [0, 0.1) is 5.41 Å². The van der Waals surface area contributed by atoms with Gasteiger partial charge in [0.1, 0.15) is 0 Å². The van der Waals surface area contributed by atoms with Crippen molar-refractivity contribution in [1.82, 2.24) is 0 Å². The zero-order valence-electron chi connectivity index (χ0n) is 6.97. The van der Waals surface area contributed by atoms with E-state index in [1.807, 2.05) is 0 Å². The SMILES string of the molecule is C1COCC2(C1)CCSCC2. The van der Waals surface area contributed by atoms with Crippen LogP contribution >= 0.6 is 11.8 Å². The summed E-state index contributed by atoms with van der Waals surface area (Å²) in [7, 11) is 0. The van der Waals surface area contributed by atoms with Crippen LogP contribution in [0.2, 0.25) is 0 Å². The number of hydrogen-bond donors (Lipinski definition) is 0. The molecule has 64 valence electrons. The monoisotopic (exact) mass is 172 g/mol. The van der Waals surface area contributed by atoms with E-state index in [1.165, 1.54) is 37.2 Å². The van der Waals surface area contributed by atoms with E-state index in [9.17, 15) is 0 Å². The zero-order valence-corrected chi connectivity index (χ0v) is 7.79. The van der Waals surface area contributed by atoms with Gasteiger partial charge in [-0.1, -0.05) is 0 Å². The van der Waals surface area contributed by atoms with E-state index < -0.39 is 0 Å². The fraction of sp³-hybridized carbons (Fsp3) is 1.00. The number of ether oxygens (including phenoxy) is 1. The summed E-state index contributed by atoms with van der Waals surface area (Å²) in [5, 5.41) is 0. The van der Waals surface area contributed by atoms with Crippen molar-refractivity contribution in [1.29, 1.82) is 0 Å². The summed E-state index contributed by atoms with van der Waals surface area (Å²) in [5.74, 6) is 2.73. The maximum Gasteiger partial charge on any atom is 0.0523 e. The van der Waals surface area contributed by atoms with Crippen molar-refractivity contribution in [3.8, 4) is 0 Å². The van der Waals surface area contributed by atoms with Gasteiger partial charge in [0, 0.05) is 6.61 Å². The highest BCUT2D eigenvalue weighted by Crippen LogP contribution is 2.41. The Bertz CT molecular complexity index is 104. The van der Waals surface area contributed by atoms with E-state index in [0.29, 0.717) is 5.41 Å². The number of hydrogen-bond acceptors (Lipinski definition) is 2. The molecule has 1 spiro atoms. The second kappa shape index (κ2) is 3.36. The van der Waals surface area contributed by atoms with Gasteiger partial charge in [-0.3, -0.25) is 0 Å². The zero-order chi connectivity index (χ0) is 7.57. The van der Waals surface area contributed by atoms with Gasteiger partial charge in [0.05, 0.1) is 6.61 Å². The van der Waals surface area contributed by atoms with Gasteiger partial charge in [-0.05, 0) is 42.6 Å². The van der Waals surface area contributed by atoms with Crippen molar-refractivity contribution in [2.45, 2.75) is 25.7 Å². The molecule has 11 heavy (non-hydrogen) atoms. The molecule has 0 N–H and O–H groups in total. The molecule has 2 aliphatic rings. The van der Waals surface area contributed by atoms with Crippen molar-refractivity contribution in [2.75, 3.05) is 24.7 Å². The Morgan fingerprint density at radius 3 is 2.55 bits per heavy atom. The van der Waals surface area contributed by atoms with Gasteiger partial charge in [0.25, 0.3) is 0 Å². The standard InChI is InChI=1S/C9H16OS/c1-2-9(8-10-5-1)3-6-11-7-4-9/h1-8H2. The lowest BCUT2D eigenvalue weighted by Crippen LogP contribution is -2.35. The van der Waals surface area contributed by atoms with Crippen LogP contribution < -0.4 is 0 Å². The third-order valence-corrected chi connectivity index (χ3v) is 3.94. The molecule has 0 radical (unpaired) electrons. The maximum absolute atomic E-state index is 5.55. The van der Waals surface area contributed by atoms with E-state index in [1.54, 1.807) is 0 Å². The lowest BCUT2D eigenvalue weighted by molar-refractivity contribution is -0.0123. The summed E-state index contributed by atoms with van der Waals surface area (Å²) < 4.78 is 5.55. The first kappa shape index (κ1) is 7.93. The fourth-order valence-corrected chi connectivity index (χ4v) is 3.47. The molecule has 0 aliphatic carbocycles. The van der Waals surface area contributed by atoms with Crippen LogP contribution in [0.5, 0.6) is 0 Å². The first-order chi connectivity index (χ1) is 5.41. The van der Waals surface area contributed by atoms with Crippen molar-refractivity contribution in [3.05, 3.63) is 0 Å². The molecule has 2 aliphatic heterocycles. The second-order valence-electron chi connectivity index (χ2n) is 3.77. The molecule has 0 aromatic carbocycles. The van der Waals surface area contributed by atoms with E-state index in [4.69, 9.17) is 4.74 Å². The molecule has 2 rings (SSSR count). The molecule has 1 nitrogen and oxygen atoms in total. The molecular formula is C9H16OS. The second-order valence-corrected chi connectivity index (χ2v) is 4.99. The van der Waals surface area contributed by atoms with Crippen LogP contribution in [0.1, 0.15) is 25.7 Å². The first-order valence-electron chi connectivity index (χ1n) is 4.57. The van der Waals surface area contributed by atoms with Crippen molar-refractivity contribution >= 4 is 11.8 Å². The molecule has 2 heteroatoms. The summed E-state index contributed by atoms with van der Waals surface area (Å²) in [6.45, 7) is 2.06. The molecule has 0 aromatic rings. The molecular weight excluding hydrogens is 156 g/mol. The average molecular weight is 172 g/mol. The van der Waals surface area contributed by atoms with E-state index in [-0.39, 0.29) is 0 Å². The van der Waals surface area contributed by atoms with Crippen LogP contribution in [0.25, 0.3) is 0 Å². The Morgan fingerprint density at radius 1 is 1.09 bits per heavy atom. The van der Waals surface area contributed by atoms with Gasteiger partial charge in [0.15, 0.2) is 0 Å². The predicted octanol–water partition coefficient (Wildman–Crippen LogP) is 2.31. The topological polar surface area (TPSA) is 9.23 Å². The third-order valence-electron chi connectivity index (χ3n) is 2.96. The Hall–Kier alpha value is 0.310. The highest BCUT2D eigenvalue weighted by Gasteiger charge is 2.33. The Kier molecular flexibility index (Phi) is 2.42. The van der Waals surface area contributed by atoms with Gasteiger partial charge >= 0.3 is 0 Å². The first-order valence-corrected chi connectivity index (χ1v) is 5.72. The molecule has 0 saturated carbocycles. The highest BCUT2D eigenvalue weighted by atomic mass is 32.2. The van der Waals surface area contributed by atoms with Gasteiger partial charge < -0.3 is 4.74 Å². The molecule has 0 atom stereocenters. The molecule has 0 unspecified atom stereocenters. The summed E-state index contributed by atoms with van der Waals surface area (Å²) >= 11 is 2.11. The van der Waals surface area contributed by atoms with Crippen LogP contribution in [0.4, 0.5) is 0 Å². The summed E-state index contributed by atoms with van der Waals surface area (Å²) in [5.41, 5.74) is 0.615. The van der Waals surface area contributed by atoms with Gasteiger partial charge in [-0.25, -0.2) is 0 Å². The lowest BCUT2D eigenvalue weighted by Gasteiger charge is -2.39. The van der Waals surface area contributed by atoms with Gasteiger partial charge in [0.2, 0.25) is 0 Å². The molecule has 2 fully saturated rings. The molecule has 2 heterocycles. The molecule has 2 saturated heterocycles. The van der Waals surface area contributed by atoms with E-state index in [2.05, 4.69) is 11.8 Å². The highest BCUT2D eigenvalue weighted by molar-refractivity contribution is 7.99. The third kappa shape index (κ3) is 1.73. The van der Waals surface area contributed by atoms with E-state index in [0.717, 1.165) is 13.2 Å². The van der Waals surface area contributed by atoms with Gasteiger partial charge in [-0.2, -0.15) is 11.8 Å². The summed E-state index contributed by atoms with van der Waals surface area (Å²) in [4.78, 5) is 0. The smallest absolute Gasteiger partial charge is 0.0523 e. The largest absolute Gasteiger partial charge is 0.381 e.